The molecule has 0 bridgehead atoms. The monoisotopic (exact) mass is 460 g/mol. The Balaban J connectivity index is 1.79. The number of rotatable bonds is 6. The summed E-state index contributed by atoms with van der Waals surface area (Å²) in [5.74, 6) is -3.26. The molecule has 10 heteroatoms. The molecule has 2 aromatic carbocycles. The molecule has 2 unspecified atom stereocenters. The van der Waals surface area contributed by atoms with Gasteiger partial charge in [-0.3, -0.25) is 18.9 Å². The molecule has 2 aromatic rings. The summed E-state index contributed by atoms with van der Waals surface area (Å²) in [7, 11) is -0.0902. The Bertz CT molecular complexity index is 1220. The Kier molecular flexibility index (Phi) is 5.67. The van der Waals surface area contributed by atoms with Crippen LogP contribution in [-0.4, -0.2) is 56.1 Å². The maximum atomic E-state index is 13.4. The van der Waals surface area contributed by atoms with E-state index in [9.17, 15) is 24.1 Å². The van der Waals surface area contributed by atoms with E-state index >= 15 is 0 Å². The standard InChI is InChI=1S/C22H21O9P/c1-28-22-18-14(9-16(31-22)15(23)10-32(27,29-2)30-3)20(25)17-13(21(18)26)8-11-6-4-5-7-12(11)19(17)24/h4-8,14,16,24H,9-10H2,1-3H3. The van der Waals surface area contributed by atoms with E-state index in [0.717, 1.165) is 14.2 Å². The summed E-state index contributed by atoms with van der Waals surface area (Å²) in [4.78, 5) is 39.5. The number of ether oxygens (including phenoxy) is 2. The minimum atomic E-state index is -3.66. The number of phenols is 1. The first-order chi connectivity index (χ1) is 15.2. The molecule has 1 aliphatic carbocycles. The van der Waals surface area contributed by atoms with Crippen LogP contribution in [0.1, 0.15) is 27.1 Å². The van der Waals surface area contributed by atoms with Gasteiger partial charge in [-0.25, -0.2) is 0 Å². The molecule has 168 valence electrons. The highest BCUT2D eigenvalue weighted by atomic mass is 31.2. The summed E-state index contributed by atoms with van der Waals surface area (Å²) in [5.41, 5.74) is -0.0560. The third-order valence-corrected chi connectivity index (χ3v) is 7.60. The second kappa shape index (κ2) is 8.16. The largest absolute Gasteiger partial charge is 0.507 e. The first kappa shape index (κ1) is 22.2. The second-order valence-electron chi connectivity index (χ2n) is 7.46. The zero-order chi connectivity index (χ0) is 23.2. The third-order valence-electron chi connectivity index (χ3n) is 5.79. The number of carbonyl (C=O) groups is 3. The zero-order valence-electron chi connectivity index (χ0n) is 17.6. The Morgan fingerprint density at radius 2 is 1.88 bits per heavy atom. The number of allylic oxidation sites excluding steroid dienone is 1. The minimum Gasteiger partial charge on any atom is -0.507 e. The lowest BCUT2D eigenvalue weighted by molar-refractivity contribution is -0.131. The molecule has 0 amide bonds. The van der Waals surface area contributed by atoms with Crippen LogP contribution < -0.4 is 0 Å². The number of benzene rings is 2. The van der Waals surface area contributed by atoms with Crippen LogP contribution in [0.2, 0.25) is 0 Å². The zero-order valence-corrected chi connectivity index (χ0v) is 18.5. The molecule has 0 saturated carbocycles. The van der Waals surface area contributed by atoms with Crippen LogP contribution in [-0.2, 0) is 27.9 Å². The lowest BCUT2D eigenvalue weighted by Crippen LogP contribution is -2.41. The van der Waals surface area contributed by atoms with E-state index in [4.69, 9.17) is 18.5 Å². The summed E-state index contributed by atoms with van der Waals surface area (Å²) in [6.45, 7) is 0. The van der Waals surface area contributed by atoms with Crippen molar-refractivity contribution in [3.8, 4) is 5.75 Å². The molecule has 0 spiro atoms. The fourth-order valence-corrected chi connectivity index (χ4v) is 5.12. The van der Waals surface area contributed by atoms with Crippen LogP contribution in [0, 0.1) is 5.92 Å². The number of methoxy groups -OCH3 is 1. The summed E-state index contributed by atoms with van der Waals surface area (Å²) < 4.78 is 32.8. The number of aromatic hydroxyl groups is 1. The molecule has 0 radical (unpaired) electrons. The van der Waals surface area contributed by atoms with Gasteiger partial charge >= 0.3 is 7.60 Å². The minimum absolute atomic E-state index is 0.00889. The highest BCUT2D eigenvalue weighted by Crippen LogP contribution is 2.48. The van der Waals surface area contributed by atoms with E-state index in [0.29, 0.717) is 10.8 Å². The normalized spacial score (nSPS) is 20.6. The summed E-state index contributed by atoms with van der Waals surface area (Å²) >= 11 is 0. The molecular weight excluding hydrogens is 439 g/mol. The number of Topliss-reactive ketones (excluding diaryl/α,β-unsaturated/α-hetero) is 3. The van der Waals surface area contributed by atoms with Gasteiger partial charge in [-0.2, -0.15) is 0 Å². The molecule has 4 rings (SSSR count). The van der Waals surface area contributed by atoms with E-state index in [1.807, 2.05) is 0 Å². The van der Waals surface area contributed by atoms with E-state index in [-0.39, 0.29) is 34.8 Å². The molecule has 1 aliphatic heterocycles. The van der Waals surface area contributed by atoms with Gasteiger partial charge in [0.15, 0.2) is 23.5 Å². The molecular formula is C22H21O9P. The molecule has 1 heterocycles. The van der Waals surface area contributed by atoms with Crippen molar-refractivity contribution in [2.24, 2.45) is 5.92 Å². The molecule has 2 atom stereocenters. The number of fused-ring (bicyclic) bond motifs is 3. The van der Waals surface area contributed by atoms with Crippen LogP contribution in [0.25, 0.3) is 10.8 Å². The van der Waals surface area contributed by atoms with Crippen LogP contribution in [0.15, 0.2) is 41.9 Å². The number of hydrogen-bond donors (Lipinski definition) is 1. The van der Waals surface area contributed by atoms with Crippen molar-refractivity contribution in [3.05, 3.63) is 53.0 Å². The van der Waals surface area contributed by atoms with Crippen molar-refractivity contribution in [1.29, 1.82) is 0 Å². The van der Waals surface area contributed by atoms with Crippen molar-refractivity contribution in [2.45, 2.75) is 12.5 Å². The van der Waals surface area contributed by atoms with Crippen molar-refractivity contribution >= 4 is 35.7 Å². The van der Waals surface area contributed by atoms with Gasteiger partial charge in [0.1, 0.15) is 11.9 Å². The topological polar surface area (TPSA) is 125 Å². The average molecular weight is 460 g/mol. The second-order valence-corrected chi connectivity index (χ2v) is 9.73. The van der Waals surface area contributed by atoms with E-state index in [1.165, 1.54) is 7.11 Å². The fourth-order valence-electron chi connectivity index (χ4n) is 4.13. The predicted octanol–water partition coefficient (Wildman–Crippen LogP) is 3.24. The molecule has 0 aromatic heterocycles. The van der Waals surface area contributed by atoms with Crippen molar-refractivity contribution in [3.63, 3.8) is 0 Å². The van der Waals surface area contributed by atoms with Crippen LogP contribution in [0.4, 0.5) is 0 Å². The smallest absolute Gasteiger partial charge is 0.337 e. The molecule has 9 nitrogen and oxygen atoms in total. The SMILES string of the molecule is COC1=C2C(=O)c3cc4ccccc4c(O)c3C(=O)C2CC(C(=O)CP(=O)(OC)OC)O1. The van der Waals surface area contributed by atoms with Gasteiger partial charge in [0.2, 0.25) is 0 Å². The van der Waals surface area contributed by atoms with Gasteiger partial charge in [0, 0.05) is 31.6 Å². The number of ketones is 3. The fraction of sp³-hybridized carbons (Fsp3) is 0.318. The first-order valence-corrected chi connectivity index (χ1v) is 11.5. The number of phenolic OH excluding ortho intramolecular Hbond substituents is 1. The Labute approximate surface area is 183 Å². The third kappa shape index (κ3) is 3.43. The highest BCUT2D eigenvalue weighted by Gasteiger charge is 2.48. The van der Waals surface area contributed by atoms with Gasteiger partial charge in [0.25, 0.3) is 5.95 Å². The quantitative estimate of drug-likeness (QED) is 0.647. The molecule has 0 saturated heterocycles. The molecule has 0 fully saturated rings. The summed E-state index contributed by atoms with van der Waals surface area (Å²) in [6.07, 6.45) is -1.96. The molecule has 1 N–H and O–H groups in total. The van der Waals surface area contributed by atoms with Gasteiger partial charge in [0.05, 0.1) is 24.2 Å². The first-order valence-electron chi connectivity index (χ1n) is 9.76. The molecule has 32 heavy (non-hydrogen) atoms. The predicted molar refractivity (Wildman–Crippen MR) is 113 cm³/mol. The lowest BCUT2D eigenvalue weighted by atomic mass is 9.73. The van der Waals surface area contributed by atoms with Gasteiger partial charge in [-0.1, -0.05) is 24.3 Å². The van der Waals surface area contributed by atoms with E-state index in [2.05, 4.69) is 0 Å². The van der Waals surface area contributed by atoms with Crippen LogP contribution >= 0.6 is 7.60 Å². The van der Waals surface area contributed by atoms with Crippen LogP contribution in [0.5, 0.6) is 5.75 Å². The van der Waals surface area contributed by atoms with E-state index in [1.54, 1.807) is 30.3 Å². The van der Waals surface area contributed by atoms with Gasteiger partial charge in [-0.15, -0.1) is 0 Å². The van der Waals surface area contributed by atoms with E-state index < -0.39 is 43.1 Å². The maximum Gasteiger partial charge on any atom is 0.337 e. The highest BCUT2D eigenvalue weighted by molar-refractivity contribution is 7.54. The average Bonchev–Trinajstić information content (AvgIpc) is 2.81. The number of hydrogen-bond acceptors (Lipinski definition) is 9. The Morgan fingerprint density at radius 1 is 1.19 bits per heavy atom. The Morgan fingerprint density at radius 3 is 2.53 bits per heavy atom. The molecule has 2 aliphatic rings. The summed E-state index contributed by atoms with van der Waals surface area (Å²) in [6, 6.07) is 8.39. The van der Waals surface area contributed by atoms with Gasteiger partial charge < -0.3 is 23.6 Å². The van der Waals surface area contributed by atoms with Crippen molar-refractivity contribution in [1.82, 2.24) is 0 Å². The Hall–Kier alpha value is -3.00. The number of carbonyl (C=O) groups excluding carboxylic acids is 3. The van der Waals surface area contributed by atoms with Crippen LogP contribution in [0.3, 0.4) is 0 Å². The lowest BCUT2D eigenvalue weighted by Gasteiger charge is -2.34. The summed E-state index contributed by atoms with van der Waals surface area (Å²) in [5, 5.41) is 11.8. The maximum absolute atomic E-state index is 13.4. The van der Waals surface area contributed by atoms with Crippen molar-refractivity contribution < 1.29 is 42.6 Å². The van der Waals surface area contributed by atoms with Crippen molar-refractivity contribution in [2.75, 3.05) is 27.5 Å². The van der Waals surface area contributed by atoms with Gasteiger partial charge in [-0.05, 0) is 11.5 Å².